The van der Waals surface area contributed by atoms with Crippen LogP contribution in [0, 0.1) is 0 Å². The van der Waals surface area contributed by atoms with Crippen molar-refractivity contribution in [1.82, 2.24) is 10.3 Å². The smallest absolute Gasteiger partial charge is 0.333 e. The number of urea groups is 1. The van der Waals surface area contributed by atoms with Crippen LogP contribution in [0.3, 0.4) is 0 Å². The summed E-state index contributed by atoms with van der Waals surface area (Å²) in [5.74, 6) is 0.0360. The molecule has 2 aliphatic heterocycles. The summed E-state index contributed by atoms with van der Waals surface area (Å²) in [5.41, 5.74) is 5.85. The molecule has 0 unspecified atom stereocenters. The first-order chi connectivity index (χ1) is 13.0. The number of nitrogens with one attached hydrogen (secondary N) is 1. The fourth-order valence-electron chi connectivity index (χ4n) is 2.81. The SMILES string of the molecule is C=N/C1=C2\C(=NC)NC(=O)N2c2ccc(C(N)=O)c(n2)O[C@@H](C)CCCO1. The van der Waals surface area contributed by atoms with Crippen molar-refractivity contribution in [2.75, 3.05) is 18.6 Å². The van der Waals surface area contributed by atoms with E-state index >= 15 is 0 Å². The summed E-state index contributed by atoms with van der Waals surface area (Å²) >= 11 is 0. The van der Waals surface area contributed by atoms with Gasteiger partial charge in [-0.3, -0.25) is 15.1 Å². The van der Waals surface area contributed by atoms with Crippen LogP contribution < -0.4 is 20.7 Å². The summed E-state index contributed by atoms with van der Waals surface area (Å²) in [5, 5.41) is 2.63. The van der Waals surface area contributed by atoms with Crippen LogP contribution in [0.15, 0.2) is 33.7 Å². The third-order valence-corrected chi connectivity index (χ3v) is 4.09. The number of amides is 3. The second-order valence-corrected chi connectivity index (χ2v) is 5.96. The normalized spacial score (nSPS) is 24.1. The highest BCUT2D eigenvalue weighted by molar-refractivity contribution is 6.23. The van der Waals surface area contributed by atoms with Gasteiger partial charge in [-0.1, -0.05) is 0 Å². The number of primary amides is 1. The van der Waals surface area contributed by atoms with Gasteiger partial charge < -0.3 is 15.2 Å². The molecule has 2 aliphatic rings. The second kappa shape index (κ2) is 7.44. The minimum absolute atomic E-state index is 0.0659. The quantitative estimate of drug-likeness (QED) is 0.753. The Labute approximate surface area is 155 Å². The number of aliphatic imine (C=N–C) groups is 2. The zero-order chi connectivity index (χ0) is 19.6. The Morgan fingerprint density at radius 2 is 2.26 bits per heavy atom. The maximum absolute atomic E-state index is 12.6. The van der Waals surface area contributed by atoms with Crippen molar-refractivity contribution in [3.05, 3.63) is 29.3 Å². The van der Waals surface area contributed by atoms with Crippen LogP contribution >= 0.6 is 0 Å². The average molecular weight is 372 g/mol. The molecule has 0 radical (unpaired) electrons. The number of nitrogens with zero attached hydrogens (tertiary/aromatic N) is 4. The Morgan fingerprint density at radius 1 is 1.48 bits per heavy atom. The number of hydrogen-bond acceptors (Lipinski definition) is 7. The summed E-state index contributed by atoms with van der Waals surface area (Å²) in [7, 11) is 1.53. The van der Waals surface area contributed by atoms with Crippen molar-refractivity contribution >= 4 is 30.3 Å². The molecule has 2 bridgehead atoms. The average Bonchev–Trinajstić information content (AvgIpc) is 2.97. The van der Waals surface area contributed by atoms with Crippen molar-refractivity contribution in [2.45, 2.75) is 25.9 Å². The van der Waals surface area contributed by atoms with E-state index in [2.05, 4.69) is 27.0 Å². The van der Waals surface area contributed by atoms with E-state index in [0.29, 0.717) is 19.4 Å². The van der Waals surface area contributed by atoms with E-state index in [1.165, 1.54) is 24.1 Å². The molecule has 3 heterocycles. The predicted molar refractivity (Wildman–Crippen MR) is 99.0 cm³/mol. The lowest BCUT2D eigenvalue weighted by Gasteiger charge is -2.21. The second-order valence-electron chi connectivity index (χ2n) is 5.96. The summed E-state index contributed by atoms with van der Waals surface area (Å²) in [6, 6.07) is 2.46. The number of amidine groups is 1. The summed E-state index contributed by atoms with van der Waals surface area (Å²) in [6.45, 7) is 5.72. The number of anilines is 1. The highest BCUT2D eigenvalue weighted by atomic mass is 16.5. The van der Waals surface area contributed by atoms with E-state index in [1.807, 2.05) is 6.92 Å². The fraction of sp³-hybridized carbons (Fsp3) is 0.353. The number of hydrogen-bond donors (Lipinski definition) is 2. The molecule has 1 saturated heterocycles. The third kappa shape index (κ3) is 3.46. The predicted octanol–water partition coefficient (Wildman–Crippen LogP) is 1.19. The highest BCUT2D eigenvalue weighted by Crippen LogP contribution is 2.30. The molecule has 1 aromatic rings. The van der Waals surface area contributed by atoms with E-state index in [1.54, 1.807) is 0 Å². The molecular weight excluding hydrogens is 352 g/mol. The molecule has 142 valence electrons. The van der Waals surface area contributed by atoms with E-state index in [4.69, 9.17) is 15.2 Å². The Balaban J connectivity index is 2.21. The highest BCUT2D eigenvalue weighted by Gasteiger charge is 2.37. The van der Waals surface area contributed by atoms with Crippen LogP contribution in [0.4, 0.5) is 10.6 Å². The third-order valence-electron chi connectivity index (χ3n) is 4.09. The number of aromatic nitrogens is 1. The number of rotatable bonds is 2. The Morgan fingerprint density at radius 3 is 2.93 bits per heavy atom. The molecule has 3 N–H and O–H groups in total. The van der Waals surface area contributed by atoms with Gasteiger partial charge in [0.2, 0.25) is 11.8 Å². The number of pyridine rings is 1. The lowest BCUT2D eigenvalue weighted by Crippen LogP contribution is -2.29. The van der Waals surface area contributed by atoms with Gasteiger partial charge in [0.1, 0.15) is 11.4 Å². The van der Waals surface area contributed by atoms with Crippen LogP contribution in [0.1, 0.15) is 30.1 Å². The minimum Gasteiger partial charge on any atom is -0.476 e. The van der Waals surface area contributed by atoms with Gasteiger partial charge in [-0.15, -0.1) is 0 Å². The van der Waals surface area contributed by atoms with Gasteiger partial charge in [-0.2, -0.15) is 4.98 Å². The molecule has 0 spiro atoms. The van der Waals surface area contributed by atoms with Gasteiger partial charge in [0.05, 0.1) is 12.7 Å². The Hall–Kier alpha value is -3.43. The number of ether oxygens (including phenoxy) is 2. The molecule has 0 saturated carbocycles. The molecule has 1 aromatic heterocycles. The first-order valence-corrected chi connectivity index (χ1v) is 8.35. The van der Waals surface area contributed by atoms with Gasteiger partial charge in [-0.05, 0) is 38.6 Å². The number of nitrogens with two attached hydrogens (primary N) is 1. The van der Waals surface area contributed by atoms with E-state index < -0.39 is 11.9 Å². The maximum atomic E-state index is 12.6. The van der Waals surface area contributed by atoms with E-state index in [9.17, 15) is 9.59 Å². The molecule has 3 amide bonds. The number of fused-ring (bicyclic) bond motifs is 4. The molecule has 1 fully saturated rings. The van der Waals surface area contributed by atoms with Gasteiger partial charge in [0.25, 0.3) is 5.91 Å². The van der Waals surface area contributed by atoms with Crippen molar-refractivity contribution in [1.29, 1.82) is 0 Å². The van der Waals surface area contributed by atoms with Gasteiger partial charge in [0, 0.05) is 7.05 Å². The van der Waals surface area contributed by atoms with Crippen molar-refractivity contribution in [2.24, 2.45) is 15.7 Å². The van der Waals surface area contributed by atoms with Crippen LogP contribution in [0.2, 0.25) is 0 Å². The molecule has 27 heavy (non-hydrogen) atoms. The monoisotopic (exact) mass is 372 g/mol. The first-order valence-electron chi connectivity index (χ1n) is 8.35. The maximum Gasteiger partial charge on any atom is 0.333 e. The summed E-state index contributed by atoms with van der Waals surface area (Å²) in [4.78, 5) is 37.9. The molecule has 10 nitrogen and oxygen atoms in total. The minimum atomic E-state index is -0.669. The number of carbonyl (C=O) groups is 2. The van der Waals surface area contributed by atoms with Crippen LogP contribution in [0.25, 0.3) is 0 Å². The fourth-order valence-corrected chi connectivity index (χ4v) is 2.81. The van der Waals surface area contributed by atoms with E-state index in [0.717, 1.165) is 0 Å². The van der Waals surface area contributed by atoms with Crippen molar-refractivity contribution < 1.29 is 19.1 Å². The largest absolute Gasteiger partial charge is 0.476 e. The van der Waals surface area contributed by atoms with Crippen molar-refractivity contribution in [3.8, 4) is 5.88 Å². The number of carbonyl (C=O) groups excluding carboxylic acids is 2. The lowest BCUT2D eigenvalue weighted by atomic mass is 10.2. The molecule has 0 aromatic carbocycles. The molecule has 10 heteroatoms. The van der Waals surface area contributed by atoms with Gasteiger partial charge >= 0.3 is 6.03 Å². The summed E-state index contributed by atoms with van der Waals surface area (Å²) < 4.78 is 11.5. The molecule has 3 rings (SSSR count). The topological polar surface area (TPSA) is 132 Å². The molecule has 0 aliphatic carbocycles. The Bertz CT molecular complexity index is 863. The van der Waals surface area contributed by atoms with Crippen LogP contribution in [0.5, 0.6) is 5.88 Å². The standard InChI is InChI=1S/C17H20N6O4/c1-9-5-4-8-26-16(20-3)12-14(19-2)22-17(25)23(12)11-7-6-10(13(18)24)15(21-11)27-9/h6-7,9H,3-5,8H2,1-2H3,(H2,18,24)(H,19,22,25)/b16-12-/t9-/m0/s1. The van der Waals surface area contributed by atoms with Crippen LogP contribution in [-0.2, 0) is 4.74 Å². The summed E-state index contributed by atoms with van der Waals surface area (Å²) in [6.07, 6.45) is 1.07. The first kappa shape index (κ1) is 18.4. The zero-order valence-corrected chi connectivity index (χ0v) is 15.1. The Kier molecular flexibility index (Phi) is 5.06. The lowest BCUT2D eigenvalue weighted by molar-refractivity contribution is 0.0990. The van der Waals surface area contributed by atoms with Gasteiger partial charge in [-0.25, -0.2) is 14.7 Å². The zero-order valence-electron chi connectivity index (χ0n) is 15.1. The van der Waals surface area contributed by atoms with Crippen molar-refractivity contribution in [3.63, 3.8) is 0 Å². The van der Waals surface area contributed by atoms with Gasteiger partial charge in [0.15, 0.2) is 11.5 Å². The molecular formula is C17H20N6O4. The molecule has 1 atom stereocenters. The van der Waals surface area contributed by atoms with Crippen LogP contribution in [-0.4, -0.2) is 49.2 Å². The van der Waals surface area contributed by atoms with E-state index in [-0.39, 0.29) is 40.8 Å².